The Hall–Kier alpha value is -0.910. The highest BCUT2D eigenvalue weighted by molar-refractivity contribution is 4.99. The van der Waals surface area contributed by atoms with E-state index in [0.717, 1.165) is 38.4 Å². The third kappa shape index (κ3) is 3.80. The van der Waals surface area contributed by atoms with Crippen molar-refractivity contribution in [1.82, 2.24) is 14.9 Å². The highest BCUT2D eigenvalue weighted by Gasteiger charge is 2.41. The van der Waals surface area contributed by atoms with Gasteiger partial charge in [-0.1, -0.05) is 0 Å². The molecular weight excluding hydrogens is 228 g/mol. The van der Waals surface area contributed by atoms with Gasteiger partial charge in [-0.05, 0) is 24.7 Å². The number of nitrogens with two attached hydrogens (primary N) is 1. The number of nitrogens with zero attached hydrogens (tertiary/aromatic N) is 2. The summed E-state index contributed by atoms with van der Waals surface area (Å²) in [6.45, 7) is 4.27. The first-order valence-corrected chi connectivity index (χ1v) is 6.68. The largest absolute Gasteiger partial charge is 0.385 e. The number of rotatable bonds is 9. The Labute approximate surface area is 109 Å². The minimum atomic E-state index is 0.496. The number of nitrogens with one attached hydrogen (secondary N) is 1. The second kappa shape index (κ2) is 6.31. The maximum Gasteiger partial charge on any atom is 0.0950 e. The van der Waals surface area contributed by atoms with Crippen molar-refractivity contribution in [3.8, 4) is 0 Å². The molecule has 1 aliphatic carbocycles. The highest BCUT2D eigenvalue weighted by Crippen LogP contribution is 2.48. The summed E-state index contributed by atoms with van der Waals surface area (Å²) in [6.07, 6.45) is 7.73. The number of imidazole rings is 1. The van der Waals surface area contributed by atoms with E-state index < -0.39 is 0 Å². The first-order valence-electron chi connectivity index (χ1n) is 6.68. The third-order valence-electron chi connectivity index (χ3n) is 3.67. The van der Waals surface area contributed by atoms with Crippen molar-refractivity contribution >= 4 is 0 Å². The van der Waals surface area contributed by atoms with E-state index in [2.05, 4.69) is 16.5 Å². The summed E-state index contributed by atoms with van der Waals surface area (Å²) < 4.78 is 7.19. The molecule has 0 aliphatic heterocycles. The van der Waals surface area contributed by atoms with E-state index >= 15 is 0 Å². The Balaban J connectivity index is 1.68. The molecule has 0 spiro atoms. The second-order valence-electron chi connectivity index (χ2n) is 5.24. The lowest BCUT2D eigenvalue weighted by atomic mass is 10.0. The van der Waals surface area contributed by atoms with Crippen LogP contribution < -0.4 is 11.1 Å². The molecule has 1 heterocycles. The van der Waals surface area contributed by atoms with Crippen molar-refractivity contribution in [3.05, 3.63) is 18.2 Å². The molecule has 0 bridgehead atoms. The lowest BCUT2D eigenvalue weighted by Crippen LogP contribution is -2.24. The average molecular weight is 252 g/mol. The molecule has 1 aromatic rings. The van der Waals surface area contributed by atoms with Gasteiger partial charge < -0.3 is 20.4 Å². The molecule has 18 heavy (non-hydrogen) atoms. The third-order valence-corrected chi connectivity index (χ3v) is 3.67. The number of hydrogen-bond acceptors (Lipinski definition) is 4. The zero-order valence-corrected chi connectivity index (χ0v) is 11.2. The van der Waals surface area contributed by atoms with Gasteiger partial charge in [0.2, 0.25) is 0 Å². The molecule has 0 unspecified atom stereocenters. The summed E-state index contributed by atoms with van der Waals surface area (Å²) in [5, 5.41) is 3.51. The van der Waals surface area contributed by atoms with Crippen molar-refractivity contribution in [1.29, 1.82) is 0 Å². The van der Waals surface area contributed by atoms with Gasteiger partial charge in [0.15, 0.2) is 0 Å². The van der Waals surface area contributed by atoms with E-state index in [4.69, 9.17) is 10.5 Å². The van der Waals surface area contributed by atoms with Gasteiger partial charge in [-0.15, -0.1) is 0 Å². The van der Waals surface area contributed by atoms with E-state index in [-0.39, 0.29) is 0 Å². The molecule has 1 saturated carbocycles. The number of ether oxygens (including phenoxy) is 1. The van der Waals surface area contributed by atoms with Gasteiger partial charge in [0, 0.05) is 46.1 Å². The van der Waals surface area contributed by atoms with Gasteiger partial charge in [0.05, 0.1) is 12.0 Å². The molecule has 0 atom stereocenters. The SMILES string of the molecule is COCCC1(CNCc2cn(CCN)cn2)CC1. The fourth-order valence-corrected chi connectivity index (χ4v) is 2.24. The van der Waals surface area contributed by atoms with Crippen molar-refractivity contribution in [2.24, 2.45) is 11.1 Å². The fourth-order valence-electron chi connectivity index (χ4n) is 2.24. The Bertz CT molecular complexity index is 360. The lowest BCUT2D eigenvalue weighted by molar-refractivity contribution is 0.171. The highest BCUT2D eigenvalue weighted by atomic mass is 16.5. The van der Waals surface area contributed by atoms with Crippen LogP contribution in [0.15, 0.2) is 12.5 Å². The van der Waals surface area contributed by atoms with Crippen molar-refractivity contribution in [2.75, 3.05) is 26.8 Å². The van der Waals surface area contributed by atoms with E-state index in [1.807, 2.05) is 10.9 Å². The maximum absolute atomic E-state index is 5.51. The standard InChI is InChI=1S/C13H24N4O/c1-18-7-4-13(2-3-13)10-15-8-12-9-17(6-5-14)11-16-12/h9,11,15H,2-8,10,14H2,1H3. The van der Waals surface area contributed by atoms with Crippen LogP contribution in [0.25, 0.3) is 0 Å². The van der Waals surface area contributed by atoms with Crippen LogP contribution in [0.3, 0.4) is 0 Å². The minimum Gasteiger partial charge on any atom is -0.385 e. The van der Waals surface area contributed by atoms with Crippen LogP contribution in [0.1, 0.15) is 25.0 Å². The van der Waals surface area contributed by atoms with Gasteiger partial charge >= 0.3 is 0 Å². The molecule has 5 heteroatoms. The Morgan fingerprint density at radius 2 is 2.39 bits per heavy atom. The zero-order valence-electron chi connectivity index (χ0n) is 11.2. The van der Waals surface area contributed by atoms with Crippen molar-refractivity contribution < 1.29 is 4.74 Å². The average Bonchev–Trinajstić information content (AvgIpc) is 3.00. The van der Waals surface area contributed by atoms with E-state index in [1.54, 1.807) is 7.11 Å². The fraction of sp³-hybridized carbons (Fsp3) is 0.769. The molecule has 0 radical (unpaired) electrons. The smallest absolute Gasteiger partial charge is 0.0950 e. The van der Waals surface area contributed by atoms with Crippen LogP contribution in [0.5, 0.6) is 0 Å². The van der Waals surface area contributed by atoms with Crippen LogP contribution >= 0.6 is 0 Å². The number of hydrogen-bond donors (Lipinski definition) is 2. The number of aromatic nitrogens is 2. The molecule has 1 aromatic heterocycles. The molecule has 5 nitrogen and oxygen atoms in total. The molecule has 0 amide bonds. The van der Waals surface area contributed by atoms with Gasteiger partial charge in [-0.25, -0.2) is 4.98 Å². The van der Waals surface area contributed by atoms with Crippen LogP contribution in [-0.2, 0) is 17.8 Å². The lowest BCUT2D eigenvalue weighted by Gasteiger charge is -2.14. The summed E-state index contributed by atoms with van der Waals surface area (Å²) >= 11 is 0. The van der Waals surface area contributed by atoms with Crippen LogP contribution in [0, 0.1) is 5.41 Å². The Morgan fingerprint density at radius 3 is 3.06 bits per heavy atom. The van der Waals surface area contributed by atoms with Gasteiger partial charge in [-0.2, -0.15) is 0 Å². The first kappa shape index (κ1) is 13.5. The van der Waals surface area contributed by atoms with Gasteiger partial charge in [0.25, 0.3) is 0 Å². The van der Waals surface area contributed by atoms with Crippen molar-refractivity contribution in [3.63, 3.8) is 0 Å². The first-order chi connectivity index (χ1) is 8.78. The van der Waals surface area contributed by atoms with E-state index in [0.29, 0.717) is 12.0 Å². The predicted molar refractivity (Wildman–Crippen MR) is 71.1 cm³/mol. The Kier molecular flexibility index (Phi) is 4.74. The molecular formula is C13H24N4O. The molecule has 102 valence electrons. The second-order valence-corrected chi connectivity index (χ2v) is 5.24. The normalized spacial score (nSPS) is 17.0. The van der Waals surface area contributed by atoms with Crippen LogP contribution in [0.4, 0.5) is 0 Å². The van der Waals surface area contributed by atoms with Crippen LogP contribution in [-0.4, -0.2) is 36.4 Å². The molecule has 1 fully saturated rings. The Morgan fingerprint density at radius 1 is 1.56 bits per heavy atom. The molecule has 1 aliphatic rings. The van der Waals surface area contributed by atoms with E-state index in [1.165, 1.54) is 12.8 Å². The molecule has 2 rings (SSSR count). The zero-order chi connectivity index (χ0) is 12.8. The topological polar surface area (TPSA) is 65.1 Å². The monoisotopic (exact) mass is 252 g/mol. The summed E-state index contributed by atoms with van der Waals surface area (Å²) in [4.78, 5) is 4.36. The molecule has 3 N–H and O–H groups in total. The van der Waals surface area contributed by atoms with Crippen LogP contribution in [0.2, 0.25) is 0 Å². The molecule has 0 aromatic carbocycles. The summed E-state index contributed by atoms with van der Waals surface area (Å²) in [7, 11) is 1.77. The quantitative estimate of drug-likeness (QED) is 0.680. The summed E-state index contributed by atoms with van der Waals surface area (Å²) in [5.41, 5.74) is 7.09. The number of methoxy groups -OCH3 is 1. The van der Waals surface area contributed by atoms with Gasteiger partial charge in [0.1, 0.15) is 0 Å². The predicted octanol–water partition coefficient (Wildman–Crippen LogP) is 0.748. The summed E-state index contributed by atoms with van der Waals surface area (Å²) in [5.74, 6) is 0. The summed E-state index contributed by atoms with van der Waals surface area (Å²) in [6, 6.07) is 0. The maximum atomic E-state index is 5.51. The molecule has 0 saturated heterocycles. The van der Waals surface area contributed by atoms with E-state index in [9.17, 15) is 0 Å². The van der Waals surface area contributed by atoms with Crippen molar-refractivity contribution in [2.45, 2.75) is 32.4 Å². The van der Waals surface area contributed by atoms with Gasteiger partial charge in [-0.3, -0.25) is 0 Å². The minimum absolute atomic E-state index is 0.496.